The van der Waals surface area contributed by atoms with E-state index >= 15 is 0 Å². The molecule has 7 nitrogen and oxygen atoms in total. The number of amides is 1. The minimum absolute atomic E-state index is 0.0117. The summed E-state index contributed by atoms with van der Waals surface area (Å²) in [6.45, 7) is 2.89. The first-order chi connectivity index (χ1) is 15.5. The van der Waals surface area contributed by atoms with Crippen LogP contribution in [0.4, 0.5) is 11.4 Å². The van der Waals surface area contributed by atoms with E-state index in [-0.39, 0.29) is 23.3 Å². The van der Waals surface area contributed by atoms with Crippen molar-refractivity contribution in [2.45, 2.75) is 38.5 Å². The van der Waals surface area contributed by atoms with E-state index in [4.69, 9.17) is 0 Å². The van der Waals surface area contributed by atoms with Crippen molar-refractivity contribution in [1.29, 1.82) is 0 Å². The molecule has 2 saturated heterocycles. The van der Waals surface area contributed by atoms with Gasteiger partial charge in [0.1, 0.15) is 5.69 Å². The van der Waals surface area contributed by atoms with Crippen LogP contribution in [-0.2, 0) is 4.79 Å². The van der Waals surface area contributed by atoms with Crippen LogP contribution in [0.2, 0.25) is 0 Å². The SMILES string of the molecule is O=C(c1ccccc1)c1ccc(N2CCC(C(=O)N3CCCCCC3)CC2)c([N+](=O)[O-])c1. The number of likely N-dealkylation sites (tertiary alicyclic amines) is 1. The zero-order chi connectivity index (χ0) is 22.5. The molecule has 2 aliphatic rings. The lowest BCUT2D eigenvalue weighted by Gasteiger charge is -2.35. The van der Waals surface area contributed by atoms with Gasteiger partial charge in [-0.05, 0) is 37.8 Å². The second-order valence-corrected chi connectivity index (χ2v) is 8.66. The summed E-state index contributed by atoms with van der Waals surface area (Å²) in [6.07, 6.45) is 5.91. The van der Waals surface area contributed by atoms with Crippen LogP contribution in [0.1, 0.15) is 54.4 Å². The van der Waals surface area contributed by atoms with Crippen molar-refractivity contribution < 1.29 is 14.5 Å². The van der Waals surface area contributed by atoms with Crippen LogP contribution < -0.4 is 4.90 Å². The van der Waals surface area contributed by atoms with Gasteiger partial charge in [0.25, 0.3) is 5.69 Å². The maximum absolute atomic E-state index is 12.9. The fourth-order valence-corrected chi connectivity index (χ4v) is 4.75. The Morgan fingerprint density at radius 1 is 0.844 bits per heavy atom. The number of benzene rings is 2. The number of piperidine rings is 1. The third-order valence-electron chi connectivity index (χ3n) is 6.57. The van der Waals surface area contributed by atoms with Gasteiger partial charge in [0, 0.05) is 49.3 Å². The summed E-state index contributed by atoms with van der Waals surface area (Å²) in [5.41, 5.74) is 1.25. The highest BCUT2D eigenvalue weighted by Gasteiger charge is 2.31. The van der Waals surface area contributed by atoms with E-state index in [1.54, 1.807) is 36.4 Å². The van der Waals surface area contributed by atoms with E-state index in [9.17, 15) is 19.7 Å². The Morgan fingerprint density at radius 2 is 1.50 bits per heavy atom. The summed E-state index contributed by atoms with van der Waals surface area (Å²) < 4.78 is 0. The standard InChI is InChI=1S/C25H29N3O4/c29-24(19-8-4-3-5-9-19)21-10-11-22(23(18-21)28(31)32)26-16-12-20(13-17-26)25(30)27-14-6-1-2-7-15-27/h3-5,8-11,18,20H,1-2,6-7,12-17H2. The van der Waals surface area contributed by atoms with E-state index in [0.717, 1.165) is 25.9 Å². The topological polar surface area (TPSA) is 83.8 Å². The molecule has 0 aliphatic carbocycles. The fraction of sp³-hybridized carbons (Fsp3) is 0.440. The lowest BCUT2D eigenvalue weighted by atomic mass is 9.94. The molecule has 1 amide bonds. The molecule has 0 saturated carbocycles. The van der Waals surface area contributed by atoms with Crippen LogP contribution in [-0.4, -0.2) is 47.7 Å². The third kappa shape index (κ3) is 4.82. The minimum Gasteiger partial charge on any atom is -0.366 e. The lowest BCUT2D eigenvalue weighted by Crippen LogP contribution is -2.43. The molecule has 2 fully saturated rings. The fourth-order valence-electron chi connectivity index (χ4n) is 4.75. The number of nitrogens with zero attached hydrogens (tertiary/aromatic N) is 3. The van der Waals surface area contributed by atoms with Crippen LogP contribution in [0.3, 0.4) is 0 Å². The number of nitro benzene ring substituents is 1. The summed E-state index contributed by atoms with van der Waals surface area (Å²) in [7, 11) is 0. The van der Waals surface area contributed by atoms with Gasteiger partial charge in [-0.1, -0.05) is 43.2 Å². The molecule has 32 heavy (non-hydrogen) atoms. The van der Waals surface area contributed by atoms with Gasteiger partial charge in [-0.2, -0.15) is 0 Å². The predicted molar refractivity (Wildman–Crippen MR) is 123 cm³/mol. The summed E-state index contributed by atoms with van der Waals surface area (Å²) >= 11 is 0. The Labute approximate surface area is 188 Å². The number of hydrogen-bond donors (Lipinski definition) is 0. The zero-order valence-electron chi connectivity index (χ0n) is 18.2. The monoisotopic (exact) mass is 435 g/mol. The second kappa shape index (κ2) is 9.94. The van der Waals surface area contributed by atoms with Gasteiger partial charge >= 0.3 is 0 Å². The summed E-state index contributed by atoms with van der Waals surface area (Å²) in [5.74, 6) is -0.00537. The lowest BCUT2D eigenvalue weighted by molar-refractivity contribution is -0.384. The zero-order valence-corrected chi connectivity index (χ0v) is 18.2. The molecule has 0 spiro atoms. The number of ketones is 1. The molecular formula is C25H29N3O4. The Hall–Kier alpha value is -3.22. The Kier molecular flexibility index (Phi) is 6.83. The normalized spacial score (nSPS) is 17.6. The molecule has 0 N–H and O–H groups in total. The highest BCUT2D eigenvalue weighted by atomic mass is 16.6. The molecule has 168 valence electrons. The van der Waals surface area contributed by atoms with Crippen LogP contribution in [0, 0.1) is 16.0 Å². The van der Waals surface area contributed by atoms with Gasteiger partial charge in [0.15, 0.2) is 5.78 Å². The second-order valence-electron chi connectivity index (χ2n) is 8.66. The van der Waals surface area contributed by atoms with Crippen molar-refractivity contribution >= 4 is 23.1 Å². The molecule has 4 rings (SSSR count). The highest BCUT2D eigenvalue weighted by molar-refractivity contribution is 6.09. The van der Waals surface area contributed by atoms with E-state index in [1.165, 1.54) is 18.9 Å². The van der Waals surface area contributed by atoms with E-state index in [2.05, 4.69) is 0 Å². The summed E-state index contributed by atoms with van der Waals surface area (Å²) in [5, 5.41) is 11.8. The number of carbonyl (C=O) groups excluding carboxylic acids is 2. The number of rotatable bonds is 5. The van der Waals surface area contributed by atoms with Crippen molar-refractivity contribution in [3.8, 4) is 0 Å². The smallest absolute Gasteiger partial charge is 0.293 e. The van der Waals surface area contributed by atoms with Crippen molar-refractivity contribution in [3.63, 3.8) is 0 Å². The van der Waals surface area contributed by atoms with Gasteiger partial charge in [-0.25, -0.2) is 0 Å². The third-order valence-corrected chi connectivity index (χ3v) is 6.57. The van der Waals surface area contributed by atoms with Gasteiger partial charge in [0.05, 0.1) is 4.92 Å². The van der Waals surface area contributed by atoms with Crippen LogP contribution in [0.5, 0.6) is 0 Å². The van der Waals surface area contributed by atoms with Crippen molar-refractivity contribution in [1.82, 2.24) is 4.90 Å². The number of hydrogen-bond acceptors (Lipinski definition) is 5. The minimum atomic E-state index is -0.425. The van der Waals surface area contributed by atoms with Crippen molar-refractivity contribution in [3.05, 3.63) is 69.8 Å². The number of nitro groups is 1. The Balaban J connectivity index is 1.46. The van der Waals surface area contributed by atoms with E-state index < -0.39 is 4.92 Å². The molecule has 2 aromatic carbocycles. The average Bonchev–Trinajstić information content (AvgIpc) is 3.13. The first kappa shape index (κ1) is 22.0. The predicted octanol–water partition coefficient (Wildman–Crippen LogP) is 4.44. The van der Waals surface area contributed by atoms with Crippen molar-refractivity contribution in [2.75, 3.05) is 31.1 Å². The molecule has 0 unspecified atom stereocenters. The maximum Gasteiger partial charge on any atom is 0.293 e. The first-order valence-electron chi connectivity index (χ1n) is 11.5. The molecule has 0 radical (unpaired) electrons. The quantitative estimate of drug-likeness (QED) is 0.394. The van der Waals surface area contributed by atoms with Gasteiger partial charge in [-0.3, -0.25) is 19.7 Å². The van der Waals surface area contributed by atoms with Gasteiger partial charge in [0.2, 0.25) is 5.91 Å². The van der Waals surface area contributed by atoms with E-state index in [0.29, 0.717) is 42.7 Å². The van der Waals surface area contributed by atoms with Crippen LogP contribution >= 0.6 is 0 Å². The van der Waals surface area contributed by atoms with E-state index in [1.807, 2.05) is 15.9 Å². The molecule has 0 bridgehead atoms. The van der Waals surface area contributed by atoms with Crippen molar-refractivity contribution in [2.24, 2.45) is 5.92 Å². The molecule has 7 heteroatoms. The molecule has 2 heterocycles. The molecular weight excluding hydrogens is 406 g/mol. The Bertz CT molecular complexity index is 976. The first-order valence-corrected chi connectivity index (χ1v) is 11.5. The average molecular weight is 436 g/mol. The van der Waals surface area contributed by atoms with Crippen LogP contribution in [0.25, 0.3) is 0 Å². The molecule has 0 atom stereocenters. The van der Waals surface area contributed by atoms with Gasteiger partial charge < -0.3 is 9.80 Å². The van der Waals surface area contributed by atoms with Gasteiger partial charge in [-0.15, -0.1) is 0 Å². The maximum atomic E-state index is 12.9. The Morgan fingerprint density at radius 3 is 2.12 bits per heavy atom. The molecule has 0 aromatic heterocycles. The molecule has 2 aliphatic heterocycles. The molecule has 2 aromatic rings. The van der Waals surface area contributed by atoms with Crippen LogP contribution in [0.15, 0.2) is 48.5 Å². The number of carbonyl (C=O) groups is 2. The number of anilines is 1. The largest absolute Gasteiger partial charge is 0.366 e. The summed E-state index contributed by atoms with van der Waals surface area (Å²) in [6, 6.07) is 13.5. The summed E-state index contributed by atoms with van der Waals surface area (Å²) in [4.78, 5) is 41.0. The highest BCUT2D eigenvalue weighted by Crippen LogP contribution is 2.33.